The molecule has 3 rings (SSSR count). The smallest absolute Gasteiger partial charge is 0.263 e. The van der Waals surface area contributed by atoms with E-state index in [1.165, 1.54) is 24.2 Å². The van der Waals surface area contributed by atoms with E-state index in [0.717, 1.165) is 61.3 Å². The molecule has 2 fully saturated rings. The monoisotopic (exact) mass is 352 g/mol. The zero-order valence-corrected chi connectivity index (χ0v) is 15.5. The van der Waals surface area contributed by atoms with Crippen molar-refractivity contribution in [3.8, 4) is 0 Å². The number of piperidine rings is 1. The van der Waals surface area contributed by atoms with E-state index in [1.807, 2.05) is 13.8 Å². The van der Waals surface area contributed by atoms with Gasteiger partial charge < -0.3 is 20.3 Å². The number of thiazole rings is 1. The Labute approximate surface area is 148 Å². The first kappa shape index (κ1) is 17.6. The molecule has 1 aromatic rings. The van der Waals surface area contributed by atoms with Gasteiger partial charge in [0.2, 0.25) is 0 Å². The lowest BCUT2D eigenvalue weighted by Gasteiger charge is -2.33. The van der Waals surface area contributed by atoms with Crippen molar-refractivity contribution < 1.29 is 9.53 Å². The second kappa shape index (κ2) is 8.27. The Hall–Kier alpha value is -1.18. The number of anilines is 1. The maximum Gasteiger partial charge on any atom is 0.263 e. The molecule has 2 aliphatic rings. The molecule has 1 unspecified atom stereocenters. The van der Waals surface area contributed by atoms with Crippen LogP contribution in [0.15, 0.2) is 0 Å². The minimum atomic E-state index is 0.0201. The van der Waals surface area contributed by atoms with Crippen LogP contribution in [-0.4, -0.2) is 60.7 Å². The number of carbonyl (C=O) groups excluding carboxylic acids is 1. The zero-order valence-electron chi connectivity index (χ0n) is 14.6. The van der Waals surface area contributed by atoms with E-state index >= 15 is 0 Å². The Balaban J connectivity index is 1.46. The Kier molecular flexibility index (Phi) is 6.08. The van der Waals surface area contributed by atoms with Crippen LogP contribution in [0.1, 0.15) is 48.0 Å². The Morgan fingerprint density at radius 2 is 2.17 bits per heavy atom. The molecule has 134 valence electrons. The Bertz CT molecular complexity index is 549. The fraction of sp³-hybridized carbons (Fsp3) is 0.765. The number of amides is 1. The lowest BCUT2D eigenvalue weighted by atomic mass is 10.0. The molecule has 0 spiro atoms. The fourth-order valence-corrected chi connectivity index (χ4v) is 4.36. The molecule has 0 saturated carbocycles. The third-order valence-corrected chi connectivity index (χ3v) is 5.85. The van der Waals surface area contributed by atoms with Crippen LogP contribution >= 0.6 is 11.3 Å². The minimum Gasteiger partial charge on any atom is -0.377 e. The fourth-order valence-electron chi connectivity index (χ4n) is 3.42. The lowest BCUT2D eigenvalue weighted by Crippen LogP contribution is -2.46. The number of ether oxygens (including phenoxy) is 1. The van der Waals surface area contributed by atoms with Crippen LogP contribution in [0, 0.1) is 6.92 Å². The topological polar surface area (TPSA) is 66.5 Å². The van der Waals surface area contributed by atoms with Crippen LogP contribution in [-0.2, 0) is 4.74 Å². The molecule has 1 atom stereocenters. The molecule has 6 nitrogen and oxygen atoms in total. The maximum absolute atomic E-state index is 12.5. The van der Waals surface area contributed by atoms with Crippen molar-refractivity contribution in [3.05, 3.63) is 10.6 Å². The molecule has 0 aliphatic carbocycles. The summed E-state index contributed by atoms with van der Waals surface area (Å²) in [6.45, 7) is 8.78. The van der Waals surface area contributed by atoms with Crippen LogP contribution in [0.3, 0.4) is 0 Å². The molecule has 24 heavy (non-hydrogen) atoms. The third kappa shape index (κ3) is 4.46. The quantitative estimate of drug-likeness (QED) is 0.822. The van der Waals surface area contributed by atoms with Crippen LogP contribution in [0.4, 0.5) is 5.13 Å². The summed E-state index contributed by atoms with van der Waals surface area (Å²) in [7, 11) is 0. The van der Waals surface area contributed by atoms with Crippen molar-refractivity contribution in [1.82, 2.24) is 15.2 Å². The minimum absolute atomic E-state index is 0.0201. The van der Waals surface area contributed by atoms with Gasteiger partial charge in [0.15, 0.2) is 5.13 Å². The molecule has 0 aromatic carbocycles. The van der Waals surface area contributed by atoms with Gasteiger partial charge in [-0.3, -0.25) is 4.79 Å². The highest BCUT2D eigenvalue weighted by atomic mass is 32.1. The number of hydrogen-bond acceptors (Lipinski definition) is 6. The summed E-state index contributed by atoms with van der Waals surface area (Å²) in [6, 6.07) is 0.266. The summed E-state index contributed by atoms with van der Waals surface area (Å²) < 4.78 is 5.72. The largest absolute Gasteiger partial charge is 0.377 e. The predicted octanol–water partition coefficient (Wildman–Crippen LogP) is 2.26. The van der Waals surface area contributed by atoms with Gasteiger partial charge in [-0.25, -0.2) is 4.98 Å². The normalized spacial score (nSPS) is 22.7. The third-order valence-electron chi connectivity index (χ3n) is 4.74. The van der Waals surface area contributed by atoms with E-state index in [0.29, 0.717) is 6.10 Å². The van der Waals surface area contributed by atoms with E-state index in [1.54, 1.807) is 0 Å². The number of aromatic nitrogens is 1. The Morgan fingerprint density at radius 3 is 2.83 bits per heavy atom. The number of aryl methyl sites for hydroxylation is 1. The molecule has 0 radical (unpaired) electrons. The molecular formula is C17H28N4O2S. The Morgan fingerprint density at radius 1 is 1.38 bits per heavy atom. The average molecular weight is 353 g/mol. The van der Waals surface area contributed by atoms with Crippen molar-refractivity contribution in [2.24, 2.45) is 0 Å². The molecule has 2 saturated heterocycles. The number of nitrogens with one attached hydrogen (secondary N) is 2. The molecule has 0 bridgehead atoms. The van der Waals surface area contributed by atoms with E-state index in [9.17, 15) is 4.79 Å². The van der Waals surface area contributed by atoms with Crippen molar-refractivity contribution >= 4 is 22.4 Å². The molecule has 1 aromatic heterocycles. The number of carbonyl (C=O) groups is 1. The highest BCUT2D eigenvalue weighted by Crippen LogP contribution is 2.23. The van der Waals surface area contributed by atoms with Crippen LogP contribution in [0.25, 0.3) is 0 Å². The lowest BCUT2D eigenvalue weighted by molar-refractivity contribution is 0.0613. The van der Waals surface area contributed by atoms with Crippen molar-refractivity contribution in [3.63, 3.8) is 0 Å². The zero-order chi connectivity index (χ0) is 16.9. The van der Waals surface area contributed by atoms with Crippen molar-refractivity contribution in [2.45, 2.75) is 51.7 Å². The van der Waals surface area contributed by atoms with E-state index in [2.05, 4.69) is 20.5 Å². The van der Waals surface area contributed by atoms with Gasteiger partial charge in [-0.1, -0.05) is 11.3 Å². The van der Waals surface area contributed by atoms with Gasteiger partial charge in [0.05, 0.1) is 11.8 Å². The van der Waals surface area contributed by atoms with Crippen LogP contribution in [0.5, 0.6) is 0 Å². The van der Waals surface area contributed by atoms with E-state index in [-0.39, 0.29) is 11.9 Å². The maximum atomic E-state index is 12.5. The first-order valence-electron chi connectivity index (χ1n) is 9.01. The van der Waals surface area contributed by atoms with Crippen molar-refractivity contribution in [1.29, 1.82) is 0 Å². The van der Waals surface area contributed by atoms with Gasteiger partial charge in [-0.05, 0) is 39.5 Å². The van der Waals surface area contributed by atoms with Gasteiger partial charge in [0.1, 0.15) is 4.88 Å². The number of nitrogens with zero attached hydrogens (tertiary/aromatic N) is 2. The molecule has 1 amide bonds. The van der Waals surface area contributed by atoms with Crippen LogP contribution < -0.4 is 10.6 Å². The van der Waals surface area contributed by atoms with Gasteiger partial charge in [-0.15, -0.1) is 0 Å². The predicted molar refractivity (Wildman–Crippen MR) is 96.9 cm³/mol. The number of hydrogen-bond donors (Lipinski definition) is 2. The van der Waals surface area contributed by atoms with E-state index in [4.69, 9.17) is 4.74 Å². The molecular weight excluding hydrogens is 324 g/mol. The highest BCUT2D eigenvalue weighted by Gasteiger charge is 2.25. The van der Waals surface area contributed by atoms with Gasteiger partial charge in [-0.2, -0.15) is 0 Å². The first-order chi connectivity index (χ1) is 11.7. The highest BCUT2D eigenvalue weighted by molar-refractivity contribution is 7.17. The van der Waals surface area contributed by atoms with E-state index < -0.39 is 0 Å². The summed E-state index contributed by atoms with van der Waals surface area (Å²) in [4.78, 5) is 20.1. The first-order valence-corrected chi connectivity index (χ1v) is 9.83. The summed E-state index contributed by atoms with van der Waals surface area (Å²) in [5, 5.41) is 7.19. The second-order valence-corrected chi connectivity index (χ2v) is 7.65. The van der Waals surface area contributed by atoms with Gasteiger partial charge in [0.25, 0.3) is 5.91 Å². The second-order valence-electron chi connectivity index (χ2n) is 6.65. The number of likely N-dealkylation sites (tertiary alicyclic amines) is 1. The summed E-state index contributed by atoms with van der Waals surface area (Å²) in [5.74, 6) is 0.0201. The van der Waals surface area contributed by atoms with Crippen LogP contribution in [0.2, 0.25) is 0 Å². The molecule has 7 heteroatoms. The number of rotatable bonds is 6. The average Bonchev–Trinajstić information content (AvgIpc) is 3.19. The summed E-state index contributed by atoms with van der Waals surface area (Å²) in [6.07, 6.45) is 4.82. The van der Waals surface area contributed by atoms with Gasteiger partial charge in [0, 0.05) is 38.8 Å². The standard InChI is InChI=1S/C17H28N4O2S/c1-3-18-17-19-12(2)15(24-17)16(22)20-13-6-8-21(9-7-13)11-14-5-4-10-23-14/h13-14H,3-11H2,1-2H3,(H,18,19)(H,20,22). The summed E-state index contributed by atoms with van der Waals surface area (Å²) >= 11 is 1.44. The molecule has 2 N–H and O–H groups in total. The molecule has 3 heterocycles. The van der Waals surface area contributed by atoms with Crippen molar-refractivity contribution in [2.75, 3.05) is 38.1 Å². The molecule has 2 aliphatic heterocycles. The SMILES string of the molecule is CCNc1nc(C)c(C(=O)NC2CCN(CC3CCCO3)CC2)s1. The summed E-state index contributed by atoms with van der Waals surface area (Å²) in [5.41, 5.74) is 0.810. The van der Waals surface area contributed by atoms with Gasteiger partial charge >= 0.3 is 0 Å².